The summed E-state index contributed by atoms with van der Waals surface area (Å²) in [4.78, 5) is 12.3. The molecule has 1 aromatic carbocycles. The minimum atomic E-state index is -3.05. The molecule has 0 bridgehead atoms. The second-order valence-corrected chi connectivity index (χ2v) is 9.75. The highest BCUT2D eigenvalue weighted by Crippen LogP contribution is 2.27. The topological polar surface area (TPSA) is 93.9 Å². The molecule has 2 heterocycles. The van der Waals surface area contributed by atoms with Crippen LogP contribution in [0.5, 0.6) is 0 Å². The van der Waals surface area contributed by atoms with Crippen molar-refractivity contribution in [2.24, 2.45) is 7.05 Å². The minimum Gasteiger partial charge on any atom is -0.351 e. The second kappa shape index (κ2) is 7.36. The van der Waals surface area contributed by atoms with E-state index in [0.29, 0.717) is 23.0 Å². The molecule has 0 aliphatic carbocycles. The van der Waals surface area contributed by atoms with Crippen LogP contribution < -0.4 is 5.32 Å². The zero-order chi connectivity index (χ0) is 18.9. The van der Waals surface area contributed by atoms with E-state index in [2.05, 4.69) is 15.5 Å². The van der Waals surface area contributed by atoms with Gasteiger partial charge in [0.2, 0.25) is 5.91 Å². The van der Waals surface area contributed by atoms with Crippen molar-refractivity contribution in [2.45, 2.75) is 29.8 Å². The number of hydrogen-bond donors (Lipinski definition) is 1. The van der Waals surface area contributed by atoms with Gasteiger partial charge in [0.15, 0.2) is 20.8 Å². The van der Waals surface area contributed by atoms with Crippen molar-refractivity contribution in [3.63, 3.8) is 0 Å². The third-order valence-corrected chi connectivity index (χ3v) is 7.08. The molecule has 3 rings (SSSR count). The lowest BCUT2D eigenvalue weighted by Crippen LogP contribution is -2.40. The van der Waals surface area contributed by atoms with Gasteiger partial charge in [0.1, 0.15) is 5.82 Å². The van der Waals surface area contributed by atoms with Gasteiger partial charge in [-0.25, -0.2) is 12.8 Å². The summed E-state index contributed by atoms with van der Waals surface area (Å²) >= 11 is 1.19. The van der Waals surface area contributed by atoms with E-state index in [9.17, 15) is 17.6 Å². The molecule has 26 heavy (non-hydrogen) atoms. The number of rotatable bonds is 5. The lowest BCUT2D eigenvalue weighted by molar-refractivity contribution is -0.120. The van der Waals surface area contributed by atoms with Crippen molar-refractivity contribution in [3.8, 4) is 11.4 Å². The molecule has 1 aromatic heterocycles. The number of halogens is 1. The molecule has 140 valence electrons. The summed E-state index contributed by atoms with van der Waals surface area (Å²) in [5, 5.41) is 10.8. The molecule has 1 aliphatic heterocycles. The summed E-state index contributed by atoms with van der Waals surface area (Å²) in [6.07, 6.45) is 0.437. The van der Waals surface area contributed by atoms with Crippen LogP contribution in [0.3, 0.4) is 0 Å². The largest absolute Gasteiger partial charge is 0.351 e. The van der Waals surface area contributed by atoms with E-state index >= 15 is 0 Å². The first-order valence-corrected chi connectivity index (χ1v) is 10.8. The maximum absolute atomic E-state index is 13.9. The number of carbonyl (C=O) groups is 1. The van der Waals surface area contributed by atoms with Gasteiger partial charge < -0.3 is 9.88 Å². The molecule has 1 saturated heterocycles. The van der Waals surface area contributed by atoms with Crippen LogP contribution in [0.4, 0.5) is 4.39 Å². The van der Waals surface area contributed by atoms with Crippen LogP contribution in [-0.2, 0) is 21.7 Å². The van der Waals surface area contributed by atoms with E-state index in [4.69, 9.17) is 0 Å². The summed E-state index contributed by atoms with van der Waals surface area (Å²) in [6, 6.07) is 5.93. The van der Waals surface area contributed by atoms with Gasteiger partial charge in [-0.05, 0) is 25.5 Å². The fraction of sp³-hybridized carbons (Fsp3) is 0.438. The minimum absolute atomic E-state index is 0.0164. The van der Waals surface area contributed by atoms with Gasteiger partial charge in [0, 0.05) is 13.1 Å². The van der Waals surface area contributed by atoms with Crippen molar-refractivity contribution in [2.75, 3.05) is 11.5 Å². The number of aromatic nitrogens is 3. The fourth-order valence-electron chi connectivity index (χ4n) is 2.73. The van der Waals surface area contributed by atoms with E-state index in [1.807, 2.05) is 0 Å². The Morgan fingerprint density at radius 2 is 2.12 bits per heavy atom. The number of nitrogens with zero attached hydrogens (tertiary/aromatic N) is 3. The molecular formula is C16H19FN4O3S2. The summed E-state index contributed by atoms with van der Waals surface area (Å²) in [7, 11) is -1.34. The first-order chi connectivity index (χ1) is 12.3. The number of thioether (sulfide) groups is 1. The Balaban J connectivity index is 1.67. The first-order valence-electron chi connectivity index (χ1n) is 8.08. The van der Waals surface area contributed by atoms with E-state index in [-0.39, 0.29) is 23.5 Å². The average molecular weight is 398 g/mol. The molecule has 7 nitrogen and oxygen atoms in total. The van der Waals surface area contributed by atoms with Crippen LogP contribution >= 0.6 is 11.8 Å². The quantitative estimate of drug-likeness (QED) is 0.766. The maximum Gasteiger partial charge on any atom is 0.233 e. The molecule has 2 atom stereocenters. The summed E-state index contributed by atoms with van der Waals surface area (Å²) in [5.41, 5.74) is 0.336. The Morgan fingerprint density at radius 1 is 1.38 bits per heavy atom. The molecule has 0 unspecified atom stereocenters. The Bertz CT molecular complexity index is 929. The average Bonchev–Trinajstić information content (AvgIpc) is 3.10. The number of benzene rings is 1. The van der Waals surface area contributed by atoms with E-state index in [1.165, 1.54) is 17.8 Å². The highest BCUT2D eigenvalue weighted by Gasteiger charge is 2.30. The number of nitrogens with one attached hydrogen (secondary N) is 1. The van der Waals surface area contributed by atoms with E-state index in [0.717, 1.165) is 0 Å². The Labute approximate surface area is 155 Å². The van der Waals surface area contributed by atoms with Crippen LogP contribution in [0.25, 0.3) is 11.4 Å². The molecule has 0 radical (unpaired) electrons. The molecular weight excluding hydrogens is 379 g/mol. The third-order valence-electron chi connectivity index (χ3n) is 4.18. The first kappa shape index (κ1) is 18.8. The van der Waals surface area contributed by atoms with Gasteiger partial charge in [-0.1, -0.05) is 23.9 Å². The number of carbonyl (C=O) groups excluding carboxylic acids is 1. The molecule has 1 N–H and O–H groups in total. The smallest absolute Gasteiger partial charge is 0.233 e. The molecule has 1 fully saturated rings. The van der Waals surface area contributed by atoms with Crippen molar-refractivity contribution < 1.29 is 17.6 Å². The van der Waals surface area contributed by atoms with Gasteiger partial charge in [0.25, 0.3) is 0 Å². The van der Waals surface area contributed by atoms with E-state index in [1.54, 1.807) is 36.7 Å². The number of amides is 1. The van der Waals surface area contributed by atoms with Crippen LogP contribution in [-0.4, -0.2) is 51.9 Å². The van der Waals surface area contributed by atoms with Gasteiger partial charge in [0.05, 0.1) is 22.3 Å². The van der Waals surface area contributed by atoms with E-state index < -0.39 is 20.9 Å². The second-order valence-electron chi connectivity index (χ2n) is 6.21. The van der Waals surface area contributed by atoms with Crippen LogP contribution in [0.15, 0.2) is 29.4 Å². The molecule has 0 spiro atoms. The molecule has 1 aliphatic rings. The zero-order valence-electron chi connectivity index (χ0n) is 14.3. The monoisotopic (exact) mass is 398 g/mol. The lowest BCUT2D eigenvalue weighted by atomic mass is 10.2. The van der Waals surface area contributed by atoms with Crippen molar-refractivity contribution in [1.82, 2.24) is 20.1 Å². The lowest BCUT2D eigenvalue weighted by Gasteiger charge is -2.15. The third kappa shape index (κ3) is 4.07. The van der Waals surface area contributed by atoms with Crippen LogP contribution in [0, 0.1) is 5.82 Å². The van der Waals surface area contributed by atoms with Crippen LogP contribution in [0.1, 0.15) is 13.3 Å². The fourth-order valence-corrected chi connectivity index (χ4v) is 5.23. The normalized spacial score (nSPS) is 20.0. The Kier molecular flexibility index (Phi) is 5.33. The highest BCUT2D eigenvalue weighted by atomic mass is 32.2. The Hall–Kier alpha value is -1.94. The van der Waals surface area contributed by atoms with Crippen molar-refractivity contribution >= 4 is 27.5 Å². The predicted molar refractivity (Wildman–Crippen MR) is 96.9 cm³/mol. The van der Waals surface area contributed by atoms with Gasteiger partial charge in [-0.15, -0.1) is 10.2 Å². The van der Waals surface area contributed by atoms with Crippen LogP contribution in [0.2, 0.25) is 0 Å². The molecule has 10 heteroatoms. The predicted octanol–water partition coefficient (Wildman–Crippen LogP) is 1.41. The number of sulfone groups is 1. The highest BCUT2D eigenvalue weighted by molar-refractivity contribution is 8.00. The molecule has 2 aromatic rings. The van der Waals surface area contributed by atoms with Crippen molar-refractivity contribution in [3.05, 3.63) is 30.1 Å². The Morgan fingerprint density at radius 3 is 2.77 bits per heavy atom. The van der Waals surface area contributed by atoms with Gasteiger partial charge >= 0.3 is 0 Å². The maximum atomic E-state index is 13.9. The summed E-state index contributed by atoms with van der Waals surface area (Å²) < 4.78 is 38.5. The molecule has 0 saturated carbocycles. The summed E-state index contributed by atoms with van der Waals surface area (Å²) in [5.74, 6) is -0.188. The number of hydrogen-bond acceptors (Lipinski definition) is 6. The SMILES string of the molecule is C[C@H](Sc1nnc(-c2ccccc2F)n1C)C(=O)N[C@@H]1CCS(=O)(=O)C1. The van der Waals surface area contributed by atoms with Gasteiger partial charge in [-0.3, -0.25) is 4.79 Å². The van der Waals surface area contributed by atoms with Crippen molar-refractivity contribution in [1.29, 1.82) is 0 Å². The molecule has 1 amide bonds. The van der Waals surface area contributed by atoms with Gasteiger partial charge in [-0.2, -0.15) is 0 Å². The standard InChI is InChI=1S/C16H19FN4O3S2/c1-10(15(22)18-11-7-8-26(23,24)9-11)25-16-20-19-14(21(16)2)12-5-3-4-6-13(12)17/h3-6,10-11H,7-9H2,1-2H3,(H,18,22)/t10-,11+/m0/s1. The zero-order valence-corrected chi connectivity index (χ0v) is 16.0. The summed E-state index contributed by atoms with van der Waals surface area (Å²) in [6.45, 7) is 1.71.